The number of urea groups is 1. The van der Waals surface area contributed by atoms with Crippen molar-refractivity contribution in [2.24, 2.45) is 0 Å². The van der Waals surface area contributed by atoms with E-state index in [0.29, 0.717) is 24.3 Å². The van der Waals surface area contributed by atoms with E-state index < -0.39 is 0 Å². The molecule has 1 aliphatic carbocycles. The number of aromatic nitrogens is 2. The van der Waals surface area contributed by atoms with Crippen LogP contribution in [0.15, 0.2) is 42.6 Å². The SMILES string of the molecule is CN1CCN(C(=O)n2ncc3c(NC(=O)N[C@@H]4CCc5cc(C(C)(C)C)ccc54)cccc32)CC1. The van der Waals surface area contributed by atoms with Crippen LogP contribution >= 0.6 is 0 Å². The molecule has 1 saturated heterocycles. The van der Waals surface area contributed by atoms with E-state index in [9.17, 15) is 9.59 Å². The first-order chi connectivity index (χ1) is 16.7. The summed E-state index contributed by atoms with van der Waals surface area (Å²) in [5, 5.41) is 11.2. The normalized spacial score (nSPS) is 18.5. The fourth-order valence-electron chi connectivity index (χ4n) is 4.99. The van der Waals surface area contributed by atoms with Gasteiger partial charge in [0.2, 0.25) is 0 Å². The van der Waals surface area contributed by atoms with E-state index in [2.05, 4.69) is 66.7 Å². The maximum atomic E-state index is 13.1. The van der Waals surface area contributed by atoms with Crippen molar-refractivity contribution in [2.45, 2.75) is 45.1 Å². The van der Waals surface area contributed by atoms with Crippen LogP contribution in [0.3, 0.4) is 0 Å². The molecule has 0 radical (unpaired) electrons. The zero-order valence-corrected chi connectivity index (χ0v) is 21.0. The Morgan fingerprint density at radius 2 is 1.83 bits per heavy atom. The third kappa shape index (κ3) is 4.62. The largest absolute Gasteiger partial charge is 0.345 e. The molecule has 35 heavy (non-hydrogen) atoms. The van der Waals surface area contributed by atoms with Gasteiger partial charge in [-0.25, -0.2) is 9.59 Å². The zero-order chi connectivity index (χ0) is 24.7. The lowest BCUT2D eigenvalue weighted by Crippen LogP contribution is -2.48. The van der Waals surface area contributed by atoms with Gasteiger partial charge < -0.3 is 20.4 Å². The molecule has 2 heterocycles. The van der Waals surface area contributed by atoms with Crippen LogP contribution in [0.25, 0.3) is 10.9 Å². The van der Waals surface area contributed by atoms with Gasteiger partial charge in [0.1, 0.15) is 0 Å². The number of hydrogen-bond donors (Lipinski definition) is 2. The van der Waals surface area contributed by atoms with Gasteiger partial charge in [0.05, 0.1) is 23.4 Å². The summed E-state index contributed by atoms with van der Waals surface area (Å²) < 4.78 is 1.43. The lowest BCUT2D eigenvalue weighted by Gasteiger charge is -2.32. The number of nitrogens with one attached hydrogen (secondary N) is 2. The number of carbonyl (C=O) groups is 2. The Balaban J connectivity index is 1.29. The number of likely N-dealkylation sites (N-methyl/N-ethyl adjacent to an activating group) is 1. The minimum absolute atomic E-state index is 0.0141. The highest BCUT2D eigenvalue weighted by molar-refractivity contribution is 6.02. The zero-order valence-electron chi connectivity index (χ0n) is 21.0. The van der Waals surface area contributed by atoms with Crippen LogP contribution in [0.5, 0.6) is 0 Å². The molecule has 0 unspecified atom stereocenters. The number of carbonyl (C=O) groups excluding carboxylic acids is 2. The summed E-state index contributed by atoms with van der Waals surface area (Å²) in [5.74, 6) is 0. The fraction of sp³-hybridized carbons (Fsp3) is 0.444. The van der Waals surface area contributed by atoms with Crippen LogP contribution in [0.4, 0.5) is 15.3 Å². The minimum atomic E-state index is -0.256. The molecule has 8 heteroatoms. The predicted molar refractivity (Wildman–Crippen MR) is 138 cm³/mol. The van der Waals surface area contributed by atoms with E-state index in [-0.39, 0.29) is 23.5 Å². The summed E-state index contributed by atoms with van der Waals surface area (Å²) in [7, 11) is 2.06. The van der Waals surface area contributed by atoms with Crippen LogP contribution < -0.4 is 10.6 Å². The third-order valence-corrected chi connectivity index (χ3v) is 7.21. The number of anilines is 1. The number of rotatable bonds is 2. The number of piperazine rings is 1. The standard InChI is InChI=1S/C27H34N6O2/c1-27(2,3)19-9-10-20-18(16-19)8-11-23(20)30-25(34)29-22-6-5-7-24-21(22)17-28-33(24)26(35)32-14-12-31(4)13-15-32/h5-7,9-10,16-17,23H,8,11-15H2,1-4H3,(H2,29,30,34)/t23-/m1/s1. The van der Waals surface area contributed by atoms with Crippen LogP contribution in [0, 0.1) is 0 Å². The van der Waals surface area contributed by atoms with Gasteiger partial charge >= 0.3 is 12.1 Å². The van der Waals surface area contributed by atoms with Crippen LogP contribution in [-0.4, -0.2) is 64.9 Å². The molecule has 2 aromatic carbocycles. The second-order valence-corrected chi connectivity index (χ2v) is 10.7. The van der Waals surface area contributed by atoms with E-state index in [4.69, 9.17) is 0 Å². The number of fused-ring (bicyclic) bond motifs is 2. The van der Waals surface area contributed by atoms with Crippen molar-refractivity contribution in [3.05, 3.63) is 59.3 Å². The average Bonchev–Trinajstić information content (AvgIpc) is 3.43. The predicted octanol–water partition coefficient (Wildman–Crippen LogP) is 4.36. The van der Waals surface area contributed by atoms with Gasteiger partial charge in [-0.1, -0.05) is 45.0 Å². The molecular formula is C27H34N6O2. The van der Waals surface area contributed by atoms with Crippen molar-refractivity contribution in [1.29, 1.82) is 0 Å². The second kappa shape index (κ2) is 9.00. The number of aryl methyl sites for hydroxylation is 1. The van der Waals surface area contributed by atoms with E-state index >= 15 is 0 Å². The first kappa shape index (κ1) is 23.4. The molecule has 1 aromatic heterocycles. The smallest absolute Gasteiger partial charge is 0.331 e. The summed E-state index contributed by atoms with van der Waals surface area (Å²) in [6, 6.07) is 11.7. The van der Waals surface area contributed by atoms with Crippen LogP contribution in [0.1, 0.15) is 49.9 Å². The number of amides is 3. The monoisotopic (exact) mass is 474 g/mol. The maximum absolute atomic E-state index is 13.1. The summed E-state index contributed by atoms with van der Waals surface area (Å²) in [6.07, 6.45) is 3.50. The quantitative estimate of drug-likeness (QED) is 0.578. The van der Waals surface area contributed by atoms with Gasteiger partial charge in [-0.3, -0.25) is 0 Å². The summed E-state index contributed by atoms with van der Waals surface area (Å²) in [4.78, 5) is 30.0. The molecule has 184 valence electrons. The molecule has 1 fully saturated rings. The number of benzene rings is 2. The Morgan fingerprint density at radius 1 is 1.06 bits per heavy atom. The molecule has 1 atom stereocenters. The van der Waals surface area contributed by atoms with Crippen molar-refractivity contribution in [1.82, 2.24) is 24.9 Å². The highest BCUT2D eigenvalue weighted by Gasteiger charge is 2.27. The fourth-order valence-corrected chi connectivity index (χ4v) is 4.99. The molecule has 8 nitrogen and oxygen atoms in total. The molecule has 0 bridgehead atoms. The lowest BCUT2D eigenvalue weighted by atomic mass is 9.85. The molecule has 2 N–H and O–H groups in total. The molecule has 2 aliphatic rings. The number of hydrogen-bond acceptors (Lipinski definition) is 4. The van der Waals surface area contributed by atoms with Gasteiger partial charge in [-0.15, -0.1) is 0 Å². The topological polar surface area (TPSA) is 82.5 Å². The molecule has 5 rings (SSSR count). The average molecular weight is 475 g/mol. The highest BCUT2D eigenvalue weighted by Crippen LogP contribution is 2.35. The molecule has 0 spiro atoms. The van der Waals surface area contributed by atoms with E-state index in [0.717, 1.165) is 31.3 Å². The van der Waals surface area contributed by atoms with E-state index in [1.165, 1.54) is 21.4 Å². The van der Waals surface area contributed by atoms with Gasteiger partial charge in [-0.2, -0.15) is 9.78 Å². The molecule has 1 aliphatic heterocycles. The Bertz CT molecular complexity index is 1270. The van der Waals surface area contributed by atoms with Gasteiger partial charge in [-0.05, 0) is 54.1 Å². The van der Waals surface area contributed by atoms with Crippen molar-refractivity contribution in [2.75, 3.05) is 38.5 Å². The van der Waals surface area contributed by atoms with Gasteiger partial charge in [0.25, 0.3) is 0 Å². The third-order valence-electron chi connectivity index (χ3n) is 7.21. The van der Waals surface area contributed by atoms with Crippen molar-refractivity contribution < 1.29 is 9.59 Å². The first-order valence-electron chi connectivity index (χ1n) is 12.4. The molecule has 3 amide bonds. The second-order valence-electron chi connectivity index (χ2n) is 10.7. The van der Waals surface area contributed by atoms with E-state index in [1.54, 1.807) is 6.20 Å². The molecule has 0 saturated carbocycles. The number of nitrogens with zero attached hydrogens (tertiary/aromatic N) is 4. The Labute approximate surface area is 206 Å². The maximum Gasteiger partial charge on any atom is 0.345 e. The Morgan fingerprint density at radius 3 is 2.57 bits per heavy atom. The van der Waals surface area contributed by atoms with Gasteiger partial charge in [0, 0.05) is 31.6 Å². The summed E-state index contributed by atoms with van der Waals surface area (Å²) in [6.45, 7) is 9.70. The van der Waals surface area contributed by atoms with E-state index in [1.807, 2.05) is 23.1 Å². The highest BCUT2D eigenvalue weighted by atomic mass is 16.2. The van der Waals surface area contributed by atoms with Crippen LogP contribution in [0.2, 0.25) is 0 Å². The minimum Gasteiger partial charge on any atom is -0.331 e. The van der Waals surface area contributed by atoms with Crippen molar-refractivity contribution >= 4 is 28.7 Å². The Hall–Kier alpha value is -3.39. The van der Waals surface area contributed by atoms with Gasteiger partial charge in [0.15, 0.2) is 0 Å². The lowest BCUT2D eigenvalue weighted by molar-refractivity contribution is 0.154. The summed E-state index contributed by atoms with van der Waals surface area (Å²) in [5.41, 5.74) is 5.25. The first-order valence-corrected chi connectivity index (χ1v) is 12.4. The van der Waals surface area contributed by atoms with Crippen LogP contribution in [-0.2, 0) is 11.8 Å². The van der Waals surface area contributed by atoms with Crippen molar-refractivity contribution in [3.63, 3.8) is 0 Å². The molecule has 3 aromatic rings. The van der Waals surface area contributed by atoms with Crippen molar-refractivity contribution in [3.8, 4) is 0 Å². The molecular weight excluding hydrogens is 440 g/mol. The Kier molecular flexibility index (Phi) is 6.01. The summed E-state index contributed by atoms with van der Waals surface area (Å²) >= 11 is 0.